The smallest absolute Gasteiger partial charge is 0.132 e. The average Bonchev–Trinajstić information content (AvgIpc) is 2.28. The number of piperidine rings is 1. The topological polar surface area (TPSA) is 32.3 Å². The van der Waals surface area contributed by atoms with Crippen molar-refractivity contribution >= 4 is 0 Å². The van der Waals surface area contributed by atoms with Crippen LogP contribution in [0.3, 0.4) is 0 Å². The Bertz CT molecular complexity index is 394. The number of benzene rings is 1. The van der Waals surface area contributed by atoms with E-state index >= 15 is 0 Å². The number of halogens is 2. The maximum Gasteiger partial charge on any atom is 0.132 e. The zero-order chi connectivity index (χ0) is 13.2. The molecule has 0 aliphatic carbocycles. The number of aliphatic hydroxyl groups is 1. The van der Waals surface area contributed by atoms with Gasteiger partial charge in [-0.15, -0.1) is 0 Å². The first-order valence-corrected chi connectivity index (χ1v) is 6.41. The SMILES string of the molecule is CC(O)(CC1CCCCN1)c1c(F)cccc1F. The molecular formula is C14H19F2NO. The second-order valence-electron chi connectivity index (χ2n) is 5.22. The van der Waals surface area contributed by atoms with Gasteiger partial charge in [0.15, 0.2) is 0 Å². The molecular weight excluding hydrogens is 236 g/mol. The van der Waals surface area contributed by atoms with Gasteiger partial charge in [-0.3, -0.25) is 0 Å². The highest BCUT2D eigenvalue weighted by atomic mass is 19.1. The molecule has 1 aromatic carbocycles. The van der Waals surface area contributed by atoms with Gasteiger partial charge in [-0.25, -0.2) is 8.78 Å². The summed E-state index contributed by atoms with van der Waals surface area (Å²) in [5, 5.41) is 13.7. The van der Waals surface area contributed by atoms with Crippen LogP contribution in [0.15, 0.2) is 18.2 Å². The third-order valence-electron chi connectivity index (χ3n) is 3.56. The van der Waals surface area contributed by atoms with E-state index in [1.54, 1.807) is 0 Å². The molecule has 2 rings (SSSR count). The van der Waals surface area contributed by atoms with Crippen molar-refractivity contribution in [2.24, 2.45) is 0 Å². The minimum atomic E-state index is -1.48. The van der Waals surface area contributed by atoms with Crippen molar-refractivity contribution < 1.29 is 13.9 Å². The van der Waals surface area contributed by atoms with Crippen molar-refractivity contribution in [2.75, 3.05) is 6.54 Å². The lowest BCUT2D eigenvalue weighted by Crippen LogP contribution is -2.40. The van der Waals surface area contributed by atoms with Gasteiger partial charge in [-0.1, -0.05) is 12.5 Å². The summed E-state index contributed by atoms with van der Waals surface area (Å²) < 4.78 is 27.4. The van der Waals surface area contributed by atoms with Gasteiger partial charge in [0.2, 0.25) is 0 Å². The van der Waals surface area contributed by atoms with Crippen LogP contribution in [0.1, 0.15) is 38.2 Å². The van der Waals surface area contributed by atoms with Crippen molar-refractivity contribution in [1.82, 2.24) is 5.32 Å². The predicted octanol–water partition coefficient (Wildman–Crippen LogP) is 2.70. The van der Waals surface area contributed by atoms with Gasteiger partial charge in [0.05, 0.1) is 11.2 Å². The standard InChI is InChI=1S/C14H19F2NO/c1-14(18,9-10-5-2-3-8-17-10)13-11(15)6-4-7-12(13)16/h4,6-7,10,17-18H,2-3,5,8-9H2,1H3. The van der Waals surface area contributed by atoms with Crippen molar-refractivity contribution in [1.29, 1.82) is 0 Å². The Labute approximate surface area is 106 Å². The lowest BCUT2D eigenvalue weighted by atomic mass is 9.86. The molecule has 0 spiro atoms. The first-order chi connectivity index (χ1) is 8.50. The molecule has 1 saturated heterocycles. The largest absolute Gasteiger partial charge is 0.385 e. The Kier molecular flexibility index (Phi) is 3.97. The van der Waals surface area contributed by atoms with Crippen LogP contribution in [0.25, 0.3) is 0 Å². The fraction of sp³-hybridized carbons (Fsp3) is 0.571. The van der Waals surface area contributed by atoms with Crippen LogP contribution in [0.4, 0.5) is 8.78 Å². The van der Waals surface area contributed by atoms with Crippen molar-refractivity contribution in [2.45, 2.75) is 44.2 Å². The normalized spacial score (nSPS) is 23.7. The summed E-state index contributed by atoms with van der Waals surface area (Å²) in [6.45, 7) is 2.38. The Balaban J connectivity index is 2.18. The molecule has 2 nitrogen and oxygen atoms in total. The molecule has 1 aromatic rings. The maximum atomic E-state index is 13.7. The number of hydrogen-bond acceptors (Lipinski definition) is 2. The zero-order valence-electron chi connectivity index (χ0n) is 10.5. The molecule has 0 bridgehead atoms. The molecule has 18 heavy (non-hydrogen) atoms. The molecule has 0 aromatic heterocycles. The van der Waals surface area contributed by atoms with Crippen LogP contribution in [-0.2, 0) is 5.60 Å². The highest BCUT2D eigenvalue weighted by molar-refractivity contribution is 5.25. The molecule has 1 aliphatic rings. The molecule has 1 heterocycles. The minimum absolute atomic E-state index is 0.118. The summed E-state index contributed by atoms with van der Waals surface area (Å²) in [7, 11) is 0. The second-order valence-corrected chi connectivity index (χ2v) is 5.22. The van der Waals surface area contributed by atoms with E-state index in [0.29, 0.717) is 6.42 Å². The van der Waals surface area contributed by atoms with E-state index in [0.717, 1.165) is 25.8 Å². The number of nitrogens with one attached hydrogen (secondary N) is 1. The summed E-state index contributed by atoms with van der Waals surface area (Å²) >= 11 is 0. The second kappa shape index (κ2) is 5.33. The Morgan fingerprint density at radius 1 is 1.33 bits per heavy atom. The third-order valence-corrected chi connectivity index (χ3v) is 3.56. The first-order valence-electron chi connectivity index (χ1n) is 6.41. The molecule has 2 N–H and O–H groups in total. The van der Waals surface area contributed by atoms with E-state index in [4.69, 9.17) is 0 Å². The Hall–Kier alpha value is -1.00. The van der Waals surface area contributed by atoms with Gasteiger partial charge in [0.25, 0.3) is 0 Å². The van der Waals surface area contributed by atoms with E-state index in [1.165, 1.54) is 25.1 Å². The van der Waals surface area contributed by atoms with Crippen LogP contribution in [0.2, 0.25) is 0 Å². The maximum absolute atomic E-state index is 13.7. The molecule has 2 unspecified atom stereocenters. The zero-order valence-corrected chi connectivity index (χ0v) is 10.5. The molecule has 1 fully saturated rings. The van der Waals surface area contributed by atoms with Crippen LogP contribution < -0.4 is 5.32 Å². The van der Waals surface area contributed by atoms with Crippen LogP contribution in [-0.4, -0.2) is 17.7 Å². The van der Waals surface area contributed by atoms with Gasteiger partial charge in [-0.05, 0) is 44.9 Å². The van der Waals surface area contributed by atoms with Gasteiger partial charge in [0.1, 0.15) is 11.6 Å². The van der Waals surface area contributed by atoms with Crippen molar-refractivity contribution in [3.8, 4) is 0 Å². The summed E-state index contributed by atoms with van der Waals surface area (Å²) in [6.07, 6.45) is 3.47. The lowest BCUT2D eigenvalue weighted by Gasteiger charge is -2.32. The number of rotatable bonds is 3. The van der Waals surface area contributed by atoms with E-state index in [-0.39, 0.29) is 11.6 Å². The van der Waals surface area contributed by atoms with E-state index < -0.39 is 17.2 Å². The Morgan fingerprint density at radius 2 is 2.00 bits per heavy atom. The monoisotopic (exact) mass is 255 g/mol. The minimum Gasteiger partial charge on any atom is -0.385 e. The van der Waals surface area contributed by atoms with Crippen LogP contribution in [0, 0.1) is 11.6 Å². The summed E-state index contributed by atoms with van der Waals surface area (Å²) in [4.78, 5) is 0. The lowest BCUT2D eigenvalue weighted by molar-refractivity contribution is 0.0263. The third kappa shape index (κ3) is 2.87. The molecule has 1 aliphatic heterocycles. The predicted molar refractivity (Wildman–Crippen MR) is 66.2 cm³/mol. The summed E-state index contributed by atoms with van der Waals surface area (Å²) in [6, 6.07) is 3.79. The fourth-order valence-electron chi connectivity index (χ4n) is 2.69. The van der Waals surface area contributed by atoms with Crippen LogP contribution in [0.5, 0.6) is 0 Å². The Morgan fingerprint density at radius 3 is 2.56 bits per heavy atom. The fourth-order valence-corrected chi connectivity index (χ4v) is 2.69. The van der Waals surface area contributed by atoms with Crippen molar-refractivity contribution in [3.63, 3.8) is 0 Å². The molecule has 100 valence electrons. The van der Waals surface area contributed by atoms with Crippen LogP contribution >= 0.6 is 0 Å². The first kappa shape index (κ1) is 13.4. The van der Waals surface area contributed by atoms with Gasteiger partial charge < -0.3 is 10.4 Å². The highest BCUT2D eigenvalue weighted by Gasteiger charge is 2.33. The molecule has 4 heteroatoms. The van der Waals surface area contributed by atoms with E-state index in [2.05, 4.69) is 5.32 Å². The van der Waals surface area contributed by atoms with Gasteiger partial charge in [-0.2, -0.15) is 0 Å². The quantitative estimate of drug-likeness (QED) is 0.870. The highest BCUT2D eigenvalue weighted by Crippen LogP contribution is 2.31. The van der Waals surface area contributed by atoms with E-state index in [9.17, 15) is 13.9 Å². The van der Waals surface area contributed by atoms with E-state index in [1.807, 2.05) is 0 Å². The van der Waals surface area contributed by atoms with Gasteiger partial charge >= 0.3 is 0 Å². The molecule has 0 radical (unpaired) electrons. The molecule has 2 atom stereocenters. The van der Waals surface area contributed by atoms with Crippen molar-refractivity contribution in [3.05, 3.63) is 35.4 Å². The van der Waals surface area contributed by atoms with Gasteiger partial charge in [0, 0.05) is 6.04 Å². The molecule has 0 amide bonds. The number of hydrogen-bond donors (Lipinski definition) is 2. The molecule has 0 saturated carbocycles. The summed E-state index contributed by atoms with van der Waals surface area (Å²) in [5.74, 6) is -1.37. The average molecular weight is 255 g/mol. The summed E-state index contributed by atoms with van der Waals surface area (Å²) in [5.41, 5.74) is -1.71.